The third kappa shape index (κ3) is 2.40. The fourth-order valence-corrected chi connectivity index (χ4v) is 3.23. The van der Waals surface area contributed by atoms with Crippen LogP contribution in [0.5, 0.6) is 0 Å². The number of carboxylic acids is 1. The maximum atomic E-state index is 12.8. The Morgan fingerprint density at radius 1 is 1.38 bits per heavy atom. The summed E-state index contributed by atoms with van der Waals surface area (Å²) in [7, 11) is 0. The Hall–Kier alpha value is -2.90. The van der Waals surface area contributed by atoms with Crippen LogP contribution in [0.2, 0.25) is 0 Å². The lowest BCUT2D eigenvalue weighted by Crippen LogP contribution is -2.46. The molecular formula is C16H17N3O5. The number of fused-ring (bicyclic) bond motifs is 2. The van der Waals surface area contributed by atoms with Gasteiger partial charge in [0.25, 0.3) is 5.91 Å². The van der Waals surface area contributed by atoms with Crippen molar-refractivity contribution in [2.45, 2.75) is 31.3 Å². The highest BCUT2D eigenvalue weighted by Crippen LogP contribution is 2.41. The molecule has 2 atom stereocenters. The monoisotopic (exact) mass is 331 g/mol. The number of nitrogens with one attached hydrogen (secondary N) is 2. The fourth-order valence-electron chi connectivity index (χ4n) is 3.23. The zero-order chi connectivity index (χ0) is 17.5. The van der Waals surface area contributed by atoms with E-state index in [1.54, 1.807) is 12.1 Å². The first-order chi connectivity index (χ1) is 11.3. The quantitative estimate of drug-likeness (QED) is 0.670. The van der Waals surface area contributed by atoms with Crippen LogP contribution in [-0.4, -0.2) is 46.4 Å². The predicted octanol–water partition coefficient (Wildman–Crippen LogP) is -0.0308. The molecule has 0 aromatic heterocycles. The number of aryl methyl sites for hydroxylation is 1. The first-order valence-electron chi connectivity index (χ1n) is 7.60. The van der Waals surface area contributed by atoms with Gasteiger partial charge in [0.2, 0.25) is 5.91 Å². The lowest BCUT2D eigenvalue weighted by atomic mass is 9.92. The summed E-state index contributed by atoms with van der Waals surface area (Å²) in [5.41, 5.74) is 0.633. The Morgan fingerprint density at radius 3 is 2.79 bits per heavy atom. The standard InChI is InChI=1S/C16H17N3O5/c1-9(13(21)22)17-12(20)8-19-14(23)16(18-15(19)24)7-6-10-4-2-3-5-11(10)16/h2-5,9H,6-8H2,1H3,(H,17,20)(H,18,24)(H,21,22)/t9-,16?/m0/s1. The molecule has 1 saturated heterocycles. The largest absolute Gasteiger partial charge is 0.480 e. The minimum absolute atomic E-state index is 0.445. The van der Waals surface area contributed by atoms with Gasteiger partial charge in [0, 0.05) is 0 Å². The third-order valence-corrected chi connectivity index (χ3v) is 4.47. The number of hydrogen-bond acceptors (Lipinski definition) is 4. The van der Waals surface area contributed by atoms with Crippen LogP contribution >= 0.6 is 0 Å². The van der Waals surface area contributed by atoms with Gasteiger partial charge in [-0.3, -0.25) is 19.3 Å². The zero-order valence-electron chi connectivity index (χ0n) is 13.0. The highest BCUT2D eigenvalue weighted by atomic mass is 16.4. The number of carbonyl (C=O) groups excluding carboxylic acids is 3. The van der Waals surface area contributed by atoms with Gasteiger partial charge in [-0.25, -0.2) is 4.79 Å². The number of benzene rings is 1. The summed E-state index contributed by atoms with van der Waals surface area (Å²) in [5, 5.41) is 13.7. The van der Waals surface area contributed by atoms with Crippen molar-refractivity contribution in [1.82, 2.24) is 15.5 Å². The predicted molar refractivity (Wildman–Crippen MR) is 81.9 cm³/mol. The number of rotatable bonds is 4. The molecule has 0 bridgehead atoms. The SMILES string of the molecule is C[C@H](NC(=O)CN1C(=O)NC2(CCc3ccccc32)C1=O)C(=O)O. The van der Waals surface area contributed by atoms with E-state index in [0.29, 0.717) is 12.8 Å². The third-order valence-electron chi connectivity index (χ3n) is 4.47. The molecule has 1 heterocycles. The van der Waals surface area contributed by atoms with Gasteiger partial charge in [0.15, 0.2) is 0 Å². The highest BCUT2D eigenvalue weighted by Gasteiger charge is 2.55. The summed E-state index contributed by atoms with van der Waals surface area (Å²) in [4.78, 5) is 48.5. The van der Waals surface area contributed by atoms with E-state index in [4.69, 9.17) is 5.11 Å². The maximum absolute atomic E-state index is 12.8. The molecule has 3 rings (SSSR count). The Bertz CT molecular complexity index is 747. The van der Waals surface area contributed by atoms with E-state index in [2.05, 4.69) is 10.6 Å². The van der Waals surface area contributed by atoms with Crippen LogP contribution in [0.4, 0.5) is 4.79 Å². The average molecular weight is 331 g/mol. The molecule has 126 valence electrons. The van der Waals surface area contributed by atoms with E-state index in [1.807, 2.05) is 12.1 Å². The topological polar surface area (TPSA) is 116 Å². The minimum Gasteiger partial charge on any atom is -0.480 e. The summed E-state index contributed by atoms with van der Waals surface area (Å²) in [5.74, 6) is -2.37. The molecule has 1 aromatic rings. The molecule has 2 aliphatic rings. The van der Waals surface area contributed by atoms with Crippen molar-refractivity contribution < 1.29 is 24.3 Å². The van der Waals surface area contributed by atoms with E-state index in [-0.39, 0.29) is 0 Å². The molecule has 24 heavy (non-hydrogen) atoms. The van der Waals surface area contributed by atoms with Crippen LogP contribution in [0.25, 0.3) is 0 Å². The van der Waals surface area contributed by atoms with E-state index < -0.39 is 41.9 Å². The van der Waals surface area contributed by atoms with Crippen molar-refractivity contribution in [2.75, 3.05) is 6.54 Å². The second kappa shape index (κ2) is 5.63. The maximum Gasteiger partial charge on any atom is 0.325 e. The second-order valence-corrected chi connectivity index (χ2v) is 6.01. The molecule has 1 aliphatic heterocycles. The number of urea groups is 1. The number of amides is 4. The van der Waals surface area contributed by atoms with Crippen LogP contribution < -0.4 is 10.6 Å². The molecular weight excluding hydrogens is 314 g/mol. The molecule has 1 fully saturated rings. The van der Waals surface area contributed by atoms with Crippen LogP contribution in [0.3, 0.4) is 0 Å². The van der Waals surface area contributed by atoms with E-state index in [9.17, 15) is 19.2 Å². The van der Waals surface area contributed by atoms with Crippen molar-refractivity contribution in [2.24, 2.45) is 0 Å². The Kier molecular flexibility index (Phi) is 3.75. The molecule has 8 heteroatoms. The zero-order valence-corrected chi connectivity index (χ0v) is 13.0. The van der Waals surface area contributed by atoms with Crippen LogP contribution in [0, 0.1) is 0 Å². The first-order valence-corrected chi connectivity index (χ1v) is 7.60. The molecule has 4 amide bonds. The van der Waals surface area contributed by atoms with E-state index >= 15 is 0 Å². The highest BCUT2D eigenvalue weighted by molar-refractivity contribution is 6.10. The van der Waals surface area contributed by atoms with E-state index in [0.717, 1.165) is 16.0 Å². The summed E-state index contributed by atoms with van der Waals surface area (Å²) < 4.78 is 0. The molecule has 8 nitrogen and oxygen atoms in total. The van der Waals surface area contributed by atoms with Gasteiger partial charge in [-0.1, -0.05) is 24.3 Å². The first kappa shape index (κ1) is 16.0. The van der Waals surface area contributed by atoms with Crippen LogP contribution in [0.15, 0.2) is 24.3 Å². The summed E-state index contributed by atoms with van der Waals surface area (Å²) in [6.07, 6.45) is 1.11. The fraction of sp³-hybridized carbons (Fsp3) is 0.375. The number of aliphatic carboxylic acids is 1. The molecule has 1 spiro atoms. The van der Waals surface area contributed by atoms with Crippen molar-refractivity contribution in [3.05, 3.63) is 35.4 Å². The minimum atomic E-state index is -1.19. The normalized spacial score (nSPS) is 23.1. The molecule has 3 N–H and O–H groups in total. The van der Waals surface area contributed by atoms with Gasteiger partial charge in [-0.2, -0.15) is 0 Å². The van der Waals surface area contributed by atoms with Crippen molar-refractivity contribution in [3.63, 3.8) is 0 Å². The van der Waals surface area contributed by atoms with Crippen LogP contribution in [-0.2, 0) is 26.3 Å². The number of carbonyl (C=O) groups is 4. The number of carboxylic acid groups (broad SMARTS) is 1. The molecule has 1 aromatic carbocycles. The summed E-state index contributed by atoms with van der Waals surface area (Å²) in [6, 6.07) is 5.64. The van der Waals surface area contributed by atoms with Crippen molar-refractivity contribution >= 4 is 23.8 Å². The average Bonchev–Trinajstić information content (AvgIpc) is 3.02. The lowest BCUT2D eigenvalue weighted by molar-refractivity contribution is -0.141. The summed E-state index contributed by atoms with van der Waals surface area (Å²) in [6.45, 7) is 0.799. The van der Waals surface area contributed by atoms with Gasteiger partial charge >= 0.3 is 12.0 Å². The number of nitrogens with zero attached hydrogens (tertiary/aromatic N) is 1. The van der Waals surface area contributed by atoms with Crippen molar-refractivity contribution in [1.29, 1.82) is 0 Å². The van der Waals surface area contributed by atoms with Gasteiger partial charge in [-0.05, 0) is 30.9 Å². The van der Waals surface area contributed by atoms with Gasteiger partial charge in [-0.15, -0.1) is 0 Å². The Labute approximate surface area is 137 Å². The molecule has 1 unspecified atom stereocenters. The summed E-state index contributed by atoms with van der Waals surface area (Å²) >= 11 is 0. The van der Waals surface area contributed by atoms with E-state index in [1.165, 1.54) is 6.92 Å². The molecule has 0 saturated carbocycles. The lowest BCUT2D eigenvalue weighted by Gasteiger charge is -2.22. The Balaban J connectivity index is 1.79. The molecule has 1 aliphatic carbocycles. The Morgan fingerprint density at radius 2 is 2.08 bits per heavy atom. The number of imide groups is 1. The van der Waals surface area contributed by atoms with Gasteiger partial charge in [0.1, 0.15) is 18.1 Å². The smallest absolute Gasteiger partial charge is 0.325 e. The van der Waals surface area contributed by atoms with Gasteiger partial charge < -0.3 is 15.7 Å². The number of hydrogen-bond donors (Lipinski definition) is 3. The van der Waals surface area contributed by atoms with Gasteiger partial charge in [0.05, 0.1) is 0 Å². The van der Waals surface area contributed by atoms with Crippen LogP contribution in [0.1, 0.15) is 24.5 Å². The van der Waals surface area contributed by atoms with Crippen molar-refractivity contribution in [3.8, 4) is 0 Å². The second-order valence-electron chi connectivity index (χ2n) is 6.01. The molecule has 0 radical (unpaired) electrons.